The summed E-state index contributed by atoms with van der Waals surface area (Å²) in [5.74, 6) is -0.308. The highest BCUT2D eigenvalue weighted by molar-refractivity contribution is 5.76. The van der Waals surface area contributed by atoms with Crippen molar-refractivity contribution in [3.8, 4) is 0 Å². The van der Waals surface area contributed by atoms with Crippen molar-refractivity contribution in [1.82, 2.24) is 14.5 Å². The van der Waals surface area contributed by atoms with Gasteiger partial charge in [-0.3, -0.25) is 4.57 Å². The molecule has 0 aliphatic rings. The molecule has 5 heteroatoms. The monoisotopic (exact) mass is 233 g/mol. The molecule has 2 aromatic rings. The van der Waals surface area contributed by atoms with E-state index in [9.17, 15) is 9.18 Å². The van der Waals surface area contributed by atoms with Crippen LogP contribution in [0.4, 0.5) is 9.18 Å². The molecule has 0 bridgehead atoms. The third-order valence-electron chi connectivity index (χ3n) is 2.42. The molecule has 17 heavy (non-hydrogen) atoms. The number of hydrogen-bond donors (Lipinski definition) is 0. The van der Waals surface area contributed by atoms with E-state index in [1.165, 1.54) is 28.1 Å². The van der Waals surface area contributed by atoms with E-state index < -0.39 is 0 Å². The summed E-state index contributed by atoms with van der Waals surface area (Å²) in [5.41, 5.74) is 0.489. The standard InChI is InChI=1S/C12H12FN3O/c1-15(12(17)16-7-6-14-9-16)8-10-4-2-3-5-11(10)13/h2-7,9H,8H2,1H3. The first-order chi connectivity index (χ1) is 8.18. The number of aromatic nitrogens is 2. The number of carbonyl (C=O) groups is 1. The summed E-state index contributed by atoms with van der Waals surface area (Å²) in [6.45, 7) is 0.226. The maximum atomic E-state index is 13.4. The minimum Gasteiger partial charge on any atom is -0.323 e. The van der Waals surface area contributed by atoms with E-state index in [0.717, 1.165) is 0 Å². The van der Waals surface area contributed by atoms with Crippen LogP contribution in [0, 0.1) is 5.82 Å². The van der Waals surface area contributed by atoms with Gasteiger partial charge in [0.1, 0.15) is 12.1 Å². The van der Waals surface area contributed by atoms with Crippen LogP contribution in [0.2, 0.25) is 0 Å². The second-order valence-corrected chi connectivity index (χ2v) is 3.70. The molecule has 1 heterocycles. The van der Waals surface area contributed by atoms with Gasteiger partial charge in [0.05, 0.1) is 0 Å². The lowest BCUT2D eigenvalue weighted by Gasteiger charge is -2.17. The molecule has 0 fully saturated rings. The topological polar surface area (TPSA) is 38.1 Å². The van der Waals surface area contributed by atoms with Crippen LogP contribution in [0.5, 0.6) is 0 Å². The maximum Gasteiger partial charge on any atom is 0.329 e. The van der Waals surface area contributed by atoms with Crippen LogP contribution in [-0.4, -0.2) is 27.5 Å². The zero-order valence-electron chi connectivity index (χ0n) is 9.38. The van der Waals surface area contributed by atoms with Crippen LogP contribution in [-0.2, 0) is 6.54 Å². The lowest BCUT2D eigenvalue weighted by molar-refractivity contribution is 0.208. The summed E-state index contributed by atoms with van der Waals surface area (Å²) in [4.78, 5) is 17.1. The first-order valence-corrected chi connectivity index (χ1v) is 5.15. The quantitative estimate of drug-likeness (QED) is 0.796. The number of nitrogens with zero attached hydrogens (tertiary/aromatic N) is 3. The molecule has 0 unspecified atom stereocenters. The molecule has 1 aromatic heterocycles. The summed E-state index contributed by atoms with van der Waals surface area (Å²) in [5, 5.41) is 0. The van der Waals surface area contributed by atoms with Crippen molar-refractivity contribution in [2.75, 3.05) is 7.05 Å². The minimum absolute atomic E-state index is 0.226. The van der Waals surface area contributed by atoms with E-state index in [1.807, 2.05) is 0 Å². The van der Waals surface area contributed by atoms with Gasteiger partial charge in [-0.05, 0) is 6.07 Å². The average Bonchev–Trinajstić information content (AvgIpc) is 2.84. The largest absolute Gasteiger partial charge is 0.329 e. The van der Waals surface area contributed by atoms with Crippen LogP contribution in [0.25, 0.3) is 0 Å². The molecule has 0 N–H and O–H groups in total. The van der Waals surface area contributed by atoms with E-state index in [0.29, 0.717) is 5.56 Å². The number of carbonyl (C=O) groups excluding carboxylic acids is 1. The number of halogens is 1. The number of rotatable bonds is 2. The lowest BCUT2D eigenvalue weighted by Crippen LogP contribution is -2.30. The van der Waals surface area contributed by atoms with Crippen LogP contribution >= 0.6 is 0 Å². The molecular weight excluding hydrogens is 221 g/mol. The average molecular weight is 233 g/mol. The molecule has 4 nitrogen and oxygen atoms in total. The molecule has 0 spiro atoms. The summed E-state index contributed by atoms with van der Waals surface area (Å²) in [6, 6.07) is 6.16. The van der Waals surface area contributed by atoms with Gasteiger partial charge in [0.25, 0.3) is 0 Å². The molecule has 0 aliphatic heterocycles. The number of hydrogen-bond acceptors (Lipinski definition) is 2. The van der Waals surface area contributed by atoms with E-state index in [4.69, 9.17) is 0 Å². The molecule has 1 aromatic carbocycles. The Kier molecular flexibility index (Phi) is 3.18. The third kappa shape index (κ3) is 2.50. The summed E-state index contributed by atoms with van der Waals surface area (Å²) < 4.78 is 14.7. The van der Waals surface area contributed by atoms with Crippen molar-refractivity contribution in [2.45, 2.75) is 6.54 Å². The smallest absolute Gasteiger partial charge is 0.323 e. The first-order valence-electron chi connectivity index (χ1n) is 5.15. The molecule has 0 atom stereocenters. The maximum absolute atomic E-state index is 13.4. The fourth-order valence-electron chi connectivity index (χ4n) is 1.52. The van der Waals surface area contributed by atoms with Gasteiger partial charge in [0, 0.05) is 31.5 Å². The van der Waals surface area contributed by atoms with Crippen molar-refractivity contribution in [2.24, 2.45) is 0 Å². The molecule has 1 amide bonds. The van der Waals surface area contributed by atoms with Gasteiger partial charge in [-0.2, -0.15) is 0 Å². The van der Waals surface area contributed by atoms with Crippen molar-refractivity contribution in [3.63, 3.8) is 0 Å². The summed E-state index contributed by atoms with van der Waals surface area (Å²) in [7, 11) is 1.62. The summed E-state index contributed by atoms with van der Waals surface area (Å²) in [6.07, 6.45) is 4.50. The van der Waals surface area contributed by atoms with Gasteiger partial charge in [-0.15, -0.1) is 0 Å². The molecule has 0 radical (unpaired) electrons. The van der Waals surface area contributed by atoms with Crippen LogP contribution in [0.1, 0.15) is 5.56 Å². The van der Waals surface area contributed by atoms with E-state index in [1.54, 1.807) is 31.4 Å². The minimum atomic E-state index is -0.308. The van der Waals surface area contributed by atoms with Crippen LogP contribution in [0.15, 0.2) is 43.0 Å². The molecule has 0 aliphatic carbocycles. The lowest BCUT2D eigenvalue weighted by atomic mass is 10.2. The summed E-state index contributed by atoms with van der Waals surface area (Å²) >= 11 is 0. The van der Waals surface area contributed by atoms with E-state index in [2.05, 4.69) is 4.98 Å². The fourth-order valence-corrected chi connectivity index (χ4v) is 1.52. The Morgan fingerprint density at radius 3 is 2.88 bits per heavy atom. The van der Waals surface area contributed by atoms with Gasteiger partial charge in [0.15, 0.2) is 0 Å². The zero-order chi connectivity index (χ0) is 12.3. The van der Waals surface area contributed by atoms with Gasteiger partial charge >= 0.3 is 6.03 Å². The predicted molar refractivity (Wildman–Crippen MR) is 60.9 cm³/mol. The highest BCUT2D eigenvalue weighted by Gasteiger charge is 2.12. The second-order valence-electron chi connectivity index (χ2n) is 3.70. The van der Waals surface area contributed by atoms with Crippen LogP contribution in [0.3, 0.4) is 0 Å². The Labute approximate surface area is 98.3 Å². The second kappa shape index (κ2) is 4.78. The molecule has 0 saturated carbocycles. The van der Waals surface area contributed by atoms with Crippen molar-refractivity contribution in [1.29, 1.82) is 0 Å². The highest BCUT2D eigenvalue weighted by Crippen LogP contribution is 2.09. The first kappa shape index (κ1) is 11.3. The Hall–Kier alpha value is -2.17. The van der Waals surface area contributed by atoms with Gasteiger partial charge in [-0.1, -0.05) is 18.2 Å². The molecular formula is C12H12FN3O. The highest BCUT2D eigenvalue weighted by atomic mass is 19.1. The zero-order valence-corrected chi connectivity index (χ0v) is 9.38. The van der Waals surface area contributed by atoms with Crippen molar-refractivity contribution in [3.05, 3.63) is 54.4 Å². The number of imidazole rings is 1. The Morgan fingerprint density at radius 2 is 2.24 bits per heavy atom. The SMILES string of the molecule is CN(Cc1ccccc1F)C(=O)n1ccnc1. The van der Waals surface area contributed by atoms with Crippen LogP contribution < -0.4 is 0 Å². The molecule has 0 saturated heterocycles. The molecule has 88 valence electrons. The van der Waals surface area contributed by atoms with Gasteiger partial charge < -0.3 is 4.90 Å². The third-order valence-corrected chi connectivity index (χ3v) is 2.42. The van der Waals surface area contributed by atoms with E-state index in [-0.39, 0.29) is 18.4 Å². The van der Waals surface area contributed by atoms with Gasteiger partial charge in [-0.25, -0.2) is 14.2 Å². The fraction of sp³-hybridized carbons (Fsp3) is 0.167. The van der Waals surface area contributed by atoms with Crippen molar-refractivity contribution >= 4 is 6.03 Å². The molecule has 2 rings (SSSR count). The van der Waals surface area contributed by atoms with Gasteiger partial charge in [0.2, 0.25) is 0 Å². The number of amides is 1. The Balaban J connectivity index is 2.10. The van der Waals surface area contributed by atoms with Crippen molar-refractivity contribution < 1.29 is 9.18 Å². The number of benzene rings is 1. The van der Waals surface area contributed by atoms with E-state index >= 15 is 0 Å². The normalized spacial score (nSPS) is 10.2. The Bertz CT molecular complexity index is 510. The Morgan fingerprint density at radius 1 is 1.47 bits per heavy atom. The predicted octanol–water partition coefficient (Wildman–Crippen LogP) is 2.12.